The van der Waals surface area contributed by atoms with Gasteiger partial charge in [-0.25, -0.2) is 8.42 Å². The summed E-state index contributed by atoms with van der Waals surface area (Å²) < 4.78 is 23.2. The van der Waals surface area contributed by atoms with Crippen LogP contribution in [0, 0.1) is 0 Å². The fraction of sp³-hybridized carbons (Fsp3) is 1.00. The second-order valence-electron chi connectivity index (χ2n) is 5.62. The molecule has 0 aromatic heterocycles. The van der Waals surface area contributed by atoms with E-state index in [1.165, 1.54) is 0 Å². The smallest absolute Gasteiger partial charge is 0.155 e. The average Bonchev–Trinajstić information content (AvgIpc) is 2.16. The van der Waals surface area contributed by atoms with Gasteiger partial charge in [0.05, 0.1) is 10.5 Å². The van der Waals surface area contributed by atoms with Crippen molar-refractivity contribution in [1.29, 1.82) is 0 Å². The monoisotopic (exact) mass is 263 g/mol. The molecule has 0 heterocycles. The van der Waals surface area contributed by atoms with E-state index in [9.17, 15) is 8.42 Å². The highest BCUT2D eigenvalue weighted by Gasteiger charge is 2.28. The van der Waals surface area contributed by atoms with Gasteiger partial charge in [-0.2, -0.15) is 0 Å². The standard InChI is InChI=1S/C13H29NO2S/c1-6-9-12(14-7-2)10-8-11-17(15,16)13(3,4)5/h12,14H,6-11H2,1-5H3. The van der Waals surface area contributed by atoms with E-state index >= 15 is 0 Å². The number of nitrogens with one attached hydrogen (secondary N) is 1. The minimum absolute atomic E-state index is 0.308. The molecule has 0 spiro atoms. The summed E-state index contributed by atoms with van der Waals surface area (Å²) in [6, 6.07) is 0.472. The number of hydrogen-bond acceptors (Lipinski definition) is 3. The summed E-state index contributed by atoms with van der Waals surface area (Å²) in [6.45, 7) is 10.5. The molecule has 4 heteroatoms. The lowest BCUT2D eigenvalue weighted by atomic mass is 10.1. The normalized spacial score (nSPS) is 14.9. The molecule has 0 aromatic carbocycles. The maximum atomic E-state index is 11.9. The molecule has 1 atom stereocenters. The molecule has 0 aliphatic rings. The molecule has 0 bridgehead atoms. The molecule has 1 N–H and O–H groups in total. The Labute approximate surface area is 107 Å². The molecule has 0 aliphatic heterocycles. The Hall–Kier alpha value is -0.0900. The topological polar surface area (TPSA) is 46.2 Å². The average molecular weight is 263 g/mol. The van der Waals surface area contributed by atoms with Gasteiger partial charge in [-0.15, -0.1) is 0 Å². The van der Waals surface area contributed by atoms with Crippen molar-refractivity contribution >= 4 is 9.84 Å². The zero-order valence-corrected chi connectivity index (χ0v) is 12.9. The lowest BCUT2D eigenvalue weighted by molar-refractivity contribution is 0.453. The van der Waals surface area contributed by atoms with Gasteiger partial charge >= 0.3 is 0 Å². The lowest BCUT2D eigenvalue weighted by Crippen LogP contribution is -2.32. The maximum Gasteiger partial charge on any atom is 0.155 e. The third-order valence-electron chi connectivity index (χ3n) is 3.03. The Kier molecular flexibility index (Phi) is 7.33. The third kappa shape index (κ3) is 6.41. The molecule has 1 unspecified atom stereocenters. The van der Waals surface area contributed by atoms with E-state index in [0.717, 1.165) is 32.2 Å². The Morgan fingerprint density at radius 3 is 2.12 bits per heavy atom. The molecule has 0 saturated heterocycles. The van der Waals surface area contributed by atoms with Gasteiger partial charge in [-0.3, -0.25) is 0 Å². The van der Waals surface area contributed by atoms with E-state index in [2.05, 4.69) is 19.2 Å². The van der Waals surface area contributed by atoms with Gasteiger partial charge in [0.2, 0.25) is 0 Å². The van der Waals surface area contributed by atoms with Crippen LogP contribution in [0.25, 0.3) is 0 Å². The SMILES string of the molecule is CCCC(CCCS(=O)(=O)C(C)(C)C)NCC. The van der Waals surface area contributed by atoms with E-state index in [1.807, 2.05) is 0 Å². The van der Waals surface area contributed by atoms with Crippen LogP contribution in [0.5, 0.6) is 0 Å². The first-order valence-corrected chi connectivity index (χ1v) is 8.35. The van der Waals surface area contributed by atoms with Crippen molar-refractivity contribution in [3.8, 4) is 0 Å². The quantitative estimate of drug-likeness (QED) is 0.732. The second kappa shape index (κ2) is 7.37. The van der Waals surface area contributed by atoms with E-state index in [4.69, 9.17) is 0 Å². The van der Waals surface area contributed by atoms with Gasteiger partial charge in [0, 0.05) is 6.04 Å². The maximum absolute atomic E-state index is 11.9. The van der Waals surface area contributed by atoms with Crippen molar-refractivity contribution in [2.24, 2.45) is 0 Å². The van der Waals surface area contributed by atoms with Gasteiger partial charge in [-0.1, -0.05) is 20.3 Å². The molecule has 0 aliphatic carbocycles. The van der Waals surface area contributed by atoms with Crippen molar-refractivity contribution in [2.75, 3.05) is 12.3 Å². The summed E-state index contributed by atoms with van der Waals surface area (Å²) in [5.74, 6) is 0.308. The molecular weight excluding hydrogens is 234 g/mol. The third-order valence-corrected chi connectivity index (χ3v) is 5.72. The molecule has 0 aromatic rings. The van der Waals surface area contributed by atoms with Crippen LogP contribution in [0.15, 0.2) is 0 Å². The van der Waals surface area contributed by atoms with Gasteiger partial charge in [0.15, 0.2) is 9.84 Å². The lowest BCUT2D eigenvalue weighted by Gasteiger charge is -2.21. The van der Waals surface area contributed by atoms with Gasteiger partial charge in [0.25, 0.3) is 0 Å². The van der Waals surface area contributed by atoms with E-state index in [1.54, 1.807) is 20.8 Å². The molecule has 17 heavy (non-hydrogen) atoms. The number of sulfone groups is 1. The van der Waals surface area contributed by atoms with Crippen molar-refractivity contribution in [3.05, 3.63) is 0 Å². The summed E-state index contributed by atoms with van der Waals surface area (Å²) in [4.78, 5) is 0. The first-order chi connectivity index (χ1) is 7.74. The van der Waals surface area contributed by atoms with Crippen molar-refractivity contribution in [2.45, 2.75) is 71.1 Å². The number of hydrogen-bond donors (Lipinski definition) is 1. The summed E-state index contributed by atoms with van der Waals surface area (Å²) in [5.41, 5.74) is 0. The first-order valence-electron chi connectivity index (χ1n) is 6.70. The predicted octanol–water partition coefficient (Wildman–Crippen LogP) is 2.76. The minimum Gasteiger partial charge on any atom is -0.314 e. The molecule has 0 saturated carbocycles. The summed E-state index contributed by atoms with van der Waals surface area (Å²) in [5, 5.41) is 3.41. The highest BCUT2D eigenvalue weighted by Crippen LogP contribution is 2.18. The summed E-state index contributed by atoms with van der Waals surface area (Å²) in [6.07, 6.45) is 3.99. The Morgan fingerprint density at radius 2 is 1.71 bits per heavy atom. The largest absolute Gasteiger partial charge is 0.314 e. The van der Waals surface area contributed by atoms with Crippen LogP contribution in [0.1, 0.15) is 60.3 Å². The molecule has 104 valence electrons. The molecule has 0 amide bonds. The Balaban J connectivity index is 4.12. The molecule has 3 nitrogen and oxygen atoms in total. The summed E-state index contributed by atoms with van der Waals surface area (Å²) >= 11 is 0. The van der Waals surface area contributed by atoms with Gasteiger partial charge < -0.3 is 5.32 Å². The van der Waals surface area contributed by atoms with E-state index in [0.29, 0.717) is 11.8 Å². The Bertz CT molecular complexity index is 285. The van der Waals surface area contributed by atoms with Crippen LogP contribution in [-0.4, -0.2) is 31.5 Å². The highest BCUT2D eigenvalue weighted by molar-refractivity contribution is 7.92. The highest BCUT2D eigenvalue weighted by atomic mass is 32.2. The zero-order chi connectivity index (χ0) is 13.5. The zero-order valence-electron chi connectivity index (χ0n) is 12.0. The van der Waals surface area contributed by atoms with E-state index in [-0.39, 0.29) is 0 Å². The van der Waals surface area contributed by atoms with Crippen LogP contribution < -0.4 is 5.32 Å². The van der Waals surface area contributed by atoms with Gasteiger partial charge in [-0.05, 0) is 46.6 Å². The fourth-order valence-electron chi connectivity index (χ4n) is 1.81. The minimum atomic E-state index is -2.95. The fourth-order valence-corrected chi connectivity index (χ4v) is 2.97. The van der Waals surface area contributed by atoms with Crippen LogP contribution in [0.2, 0.25) is 0 Å². The molecular formula is C13H29NO2S. The molecule has 0 radical (unpaired) electrons. The van der Waals surface area contributed by atoms with Crippen LogP contribution >= 0.6 is 0 Å². The number of rotatable bonds is 8. The molecule has 0 rings (SSSR count). The predicted molar refractivity (Wildman–Crippen MR) is 75.1 cm³/mol. The molecule has 0 fully saturated rings. The summed E-state index contributed by atoms with van der Waals surface area (Å²) in [7, 11) is -2.95. The van der Waals surface area contributed by atoms with E-state index < -0.39 is 14.6 Å². The van der Waals surface area contributed by atoms with Crippen molar-refractivity contribution < 1.29 is 8.42 Å². The van der Waals surface area contributed by atoms with Crippen LogP contribution in [0.3, 0.4) is 0 Å². The second-order valence-corrected chi connectivity index (χ2v) is 8.48. The van der Waals surface area contributed by atoms with Crippen LogP contribution in [-0.2, 0) is 9.84 Å². The van der Waals surface area contributed by atoms with Crippen molar-refractivity contribution in [1.82, 2.24) is 5.32 Å². The Morgan fingerprint density at radius 1 is 1.12 bits per heavy atom. The van der Waals surface area contributed by atoms with Gasteiger partial charge in [0.1, 0.15) is 0 Å². The first kappa shape index (κ1) is 16.9. The van der Waals surface area contributed by atoms with Crippen molar-refractivity contribution in [3.63, 3.8) is 0 Å². The van der Waals surface area contributed by atoms with Crippen LogP contribution in [0.4, 0.5) is 0 Å².